The van der Waals surface area contributed by atoms with Crippen LogP contribution in [-0.2, 0) is 16.2 Å². The van der Waals surface area contributed by atoms with Crippen molar-refractivity contribution in [3.05, 3.63) is 63.2 Å². The van der Waals surface area contributed by atoms with E-state index in [4.69, 9.17) is 11.6 Å². The first kappa shape index (κ1) is 18.0. The number of non-ortho nitro benzene ring substituents is 1. The lowest BCUT2D eigenvalue weighted by Crippen LogP contribution is -2.15. The zero-order valence-electron chi connectivity index (χ0n) is 11.5. The maximum absolute atomic E-state index is 12.7. The van der Waals surface area contributed by atoms with Gasteiger partial charge in [0.25, 0.3) is 15.7 Å². The molecule has 0 fully saturated rings. The molecule has 0 saturated carbocycles. The van der Waals surface area contributed by atoms with Crippen molar-refractivity contribution in [3.8, 4) is 0 Å². The predicted octanol–water partition coefficient (Wildman–Crippen LogP) is 4.07. The van der Waals surface area contributed by atoms with E-state index in [0.29, 0.717) is 6.07 Å². The molecule has 6 nitrogen and oxygen atoms in total. The van der Waals surface area contributed by atoms with Gasteiger partial charge in [-0.2, -0.15) is 13.2 Å². The summed E-state index contributed by atoms with van der Waals surface area (Å²) in [7, 11) is -4.36. The first-order valence-electron chi connectivity index (χ1n) is 6.15. The van der Waals surface area contributed by atoms with Crippen LogP contribution in [0.5, 0.6) is 0 Å². The number of nitrogens with zero attached hydrogens (tertiary/aromatic N) is 1. The van der Waals surface area contributed by atoms with Crippen LogP contribution in [0.25, 0.3) is 0 Å². The Morgan fingerprint density at radius 1 is 1.12 bits per heavy atom. The fourth-order valence-electron chi connectivity index (χ4n) is 1.74. The van der Waals surface area contributed by atoms with Crippen molar-refractivity contribution in [1.29, 1.82) is 0 Å². The van der Waals surface area contributed by atoms with E-state index in [2.05, 4.69) is 0 Å². The number of rotatable bonds is 4. The third-order valence-corrected chi connectivity index (χ3v) is 4.56. The number of hydrogen-bond acceptors (Lipinski definition) is 4. The van der Waals surface area contributed by atoms with Gasteiger partial charge in [0.15, 0.2) is 0 Å². The van der Waals surface area contributed by atoms with Gasteiger partial charge in [0, 0.05) is 12.1 Å². The lowest BCUT2D eigenvalue weighted by Gasteiger charge is -2.12. The van der Waals surface area contributed by atoms with Crippen molar-refractivity contribution < 1.29 is 26.5 Å². The summed E-state index contributed by atoms with van der Waals surface area (Å²) in [5.74, 6) is 0. The summed E-state index contributed by atoms with van der Waals surface area (Å²) in [6.07, 6.45) is -4.70. The quantitative estimate of drug-likeness (QED) is 0.639. The number of sulfonamides is 1. The highest BCUT2D eigenvalue weighted by Gasteiger charge is 2.31. The maximum atomic E-state index is 12.7. The zero-order valence-corrected chi connectivity index (χ0v) is 13.1. The van der Waals surface area contributed by atoms with E-state index in [1.807, 2.05) is 4.72 Å². The van der Waals surface area contributed by atoms with Crippen molar-refractivity contribution in [2.75, 3.05) is 4.72 Å². The molecule has 2 aromatic carbocycles. The Morgan fingerprint density at radius 2 is 1.79 bits per heavy atom. The average Bonchev–Trinajstić information content (AvgIpc) is 2.48. The highest BCUT2D eigenvalue weighted by molar-refractivity contribution is 7.92. The number of alkyl halides is 3. The van der Waals surface area contributed by atoms with Gasteiger partial charge in [-0.05, 0) is 24.3 Å². The molecule has 0 aliphatic heterocycles. The van der Waals surface area contributed by atoms with E-state index in [1.54, 1.807) is 0 Å². The van der Waals surface area contributed by atoms with Crippen molar-refractivity contribution >= 4 is 33.0 Å². The Kier molecular flexibility index (Phi) is 4.72. The molecular weight excluding hydrogens is 373 g/mol. The Labute approximate surface area is 139 Å². The lowest BCUT2D eigenvalue weighted by molar-refractivity contribution is -0.384. The van der Waals surface area contributed by atoms with E-state index >= 15 is 0 Å². The molecule has 0 aromatic heterocycles. The van der Waals surface area contributed by atoms with Crippen LogP contribution in [0.15, 0.2) is 47.4 Å². The minimum absolute atomic E-state index is 0.195. The minimum Gasteiger partial charge on any atom is -0.278 e. The molecule has 0 bridgehead atoms. The van der Waals surface area contributed by atoms with Crippen molar-refractivity contribution in [3.63, 3.8) is 0 Å². The van der Waals surface area contributed by atoms with Crippen LogP contribution in [0.1, 0.15) is 5.56 Å². The molecule has 1 N–H and O–H groups in total. The number of nitro groups is 1. The average molecular weight is 381 g/mol. The first-order valence-corrected chi connectivity index (χ1v) is 8.01. The molecule has 0 radical (unpaired) electrons. The van der Waals surface area contributed by atoms with Crippen LogP contribution in [0, 0.1) is 10.1 Å². The van der Waals surface area contributed by atoms with Crippen molar-refractivity contribution in [1.82, 2.24) is 0 Å². The van der Waals surface area contributed by atoms with E-state index in [9.17, 15) is 31.7 Å². The normalized spacial score (nSPS) is 12.0. The summed E-state index contributed by atoms with van der Waals surface area (Å²) in [5, 5.41) is 10.3. The second kappa shape index (κ2) is 6.29. The second-order valence-corrected chi connectivity index (χ2v) is 6.64. The number of hydrogen-bond donors (Lipinski definition) is 1. The number of benzene rings is 2. The molecular formula is C13H8ClF3N2O4S. The van der Waals surface area contributed by atoms with Gasteiger partial charge in [-0.1, -0.05) is 17.7 Å². The molecule has 0 aliphatic rings. The first-order chi connectivity index (χ1) is 11.0. The van der Waals surface area contributed by atoms with Crippen LogP contribution >= 0.6 is 11.6 Å². The zero-order chi connectivity index (χ0) is 18.1. The molecule has 2 rings (SSSR count). The van der Waals surface area contributed by atoms with E-state index in [0.717, 1.165) is 36.4 Å². The monoisotopic (exact) mass is 380 g/mol. The highest BCUT2D eigenvalue weighted by Crippen LogP contribution is 2.32. The second-order valence-electron chi connectivity index (χ2n) is 4.55. The molecule has 0 atom stereocenters. The standard InChI is InChI=1S/C13H8ClF3N2O4S/c14-11-7-9(19(20)21)4-5-12(11)18-24(22,23)10-3-1-2-8(6-10)13(15,16)17/h1-7,18H. The number of halogens is 4. The SMILES string of the molecule is O=[N+]([O-])c1ccc(NS(=O)(=O)c2cccc(C(F)(F)F)c2)c(Cl)c1. The fraction of sp³-hybridized carbons (Fsp3) is 0.0769. The molecule has 0 heterocycles. The lowest BCUT2D eigenvalue weighted by atomic mass is 10.2. The summed E-state index contributed by atoms with van der Waals surface area (Å²) in [6, 6.07) is 6.12. The maximum Gasteiger partial charge on any atom is 0.416 e. The summed E-state index contributed by atoms with van der Waals surface area (Å²) >= 11 is 5.76. The number of anilines is 1. The van der Waals surface area contributed by atoms with Gasteiger partial charge >= 0.3 is 6.18 Å². The molecule has 128 valence electrons. The van der Waals surface area contributed by atoms with E-state index < -0.39 is 31.6 Å². The fourth-order valence-corrected chi connectivity index (χ4v) is 3.15. The largest absolute Gasteiger partial charge is 0.416 e. The summed E-state index contributed by atoms with van der Waals surface area (Å²) < 4.78 is 64.4. The van der Waals surface area contributed by atoms with Gasteiger partial charge in [-0.15, -0.1) is 0 Å². The van der Waals surface area contributed by atoms with Crippen molar-refractivity contribution in [2.24, 2.45) is 0 Å². The number of nitrogens with one attached hydrogen (secondary N) is 1. The summed E-state index contributed by atoms with van der Waals surface area (Å²) in [5.41, 5.74) is -1.68. The van der Waals surface area contributed by atoms with Crippen LogP contribution in [-0.4, -0.2) is 13.3 Å². The Balaban J connectivity index is 2.37. The van der Waals surface area contributed by atoms with Crippen LogP contribution in [0.3, 0.4) is 0 Å². The van der Waals surface area contributed by atoms with Crippen LogP contribution < -0.4 is 4.72 Å². The number of nitro benzene ring substituents is 1. The molecule has 11 heteroatoms. The summed E-state index contributed by atoms with van der Waals surface area (Å²) in [4.78, 5) is 9.26. The van der Waals surface area contributed by atoms with Crippen molar-refractivity contribution in [2.45, 2.75) is 11.1 Å². The third-order valence-electron chi connectivity index (χ3n) is 2.88. The molecule has 0 spiro atoms. The molecule has 0 saturated heterocycles. The van der Waals surface area contributed by atoms with Crippen LogP contribution in [0.2, 0.25) is 5.02 Å². The Bertz CT molecular complexity index is 900. The molecule has 24 heavy (non-hydrogen) atoms. The summed E-state index contributed by atoms with van der Waals surface area (Å²) in [6.45, 7) is 0. The van der Waals surface area contributed by atoms with Gasteiger partial charge in [-0.25, -0.2) is 8.42 Å². The van der Waals surface area contributed by atoms with E-state index in [-0.39, 0.29) is 16.4 Å². The topological polar surface area (TPSA) is 89.3 Å². The minimum atomic E-state index is -4.70. The molecule has 0 unspecified atom stereocenters. The molecule has 0 aliphatic carbocycles. The predicted molar refractivity (Wildman–Crippen MR) is 80.4 cm³/mol. The molecule has 2 aromatic rings. The van der Waals surface area contributed by atoms with Gasteiger partial charge < -0.3 is 0 Å². The molecule has 0 amide bonds. The van der Waals surface area contributed by atoms with Gasteiger partial charge in [-0.3, -0.25) is 14.8 Å². The van der Waals surface area contributed by atoms with E-state index in [1.165, 1.54) is 0 Å². The Hall–Kier alpha value is -2.33. The van der Waals surface area contributed by atoms with Crippen LogP contribution in [0.4, 0.5) is 24.5 Å². The highest BCUT2D eigenvalue weighted by atomic mass is 35.5. The van der Waals surface area contributed by atoms with Gasteiger partial charge in [0.1, 0.15) is 0 Å². The van der Waals surface area contributed by atoms with Gasteiger partial charge in [0.2, 0.25) is 0 Å². The van der Waals surface area contributed by atoms with Gasteiger partial charge in [0.05, 0.1) is 26.1 Å². The third kappa shape index (κ3) is 3.95. The Morgan fingerprint density at radius 3 is 2.33 bits per heavy atom. The smallest absolute Gasteiger partial charge is 0.278 e.